The minimum atomic E-state index is 0.531. The Bertz CT molecular complexity index is 219. The molecule has 4 nitrogen and oxygen atoms in total. The van der Waals surface area contributed by atoms with Gasteiger partial charge in [-0.3, -0.25) is 11.3 Å². The lowest BCUT2D eigenvalue weighted by Crippen LogP contribution is -2.22. The van der Waals surface area contributed by atoms with Gasteiger partial charge < -0.3 is 4.57 Å². The number of hydrazine groups is 1. The molecule has 0 aliphatic heterocycles. The minimum absolute atomic E-state index is 0.531. The maximum Gasteiger partial charge on any atom is 0.128 e. The molecule has 0 radical (unpaired) electrons. The van der Waals surface area contributed by atoms with Crippen molar-refractivity contribution in [1.82, 2.24) is 15.0 Å². The molecule has 0 saturated heterocycles. The molecule has 10 heavy (non-hydrogen) atoms. The summed E-state index contributed by atoms with van der Waals surface area (Å²) in [6, 6.07) is 0. The molecular weight excluding hydrogens is 152 g/mol. The molecular formula is C5H9ClN4. The lowest BCUT2D eigenvalue weighted by Gasteiger charge is -1.99. The number of rotatable bonds is 2. The van der Waals surface area contributed by atoms with Crippen molar-refractivity contribution in [2.24, 2.45) is 12.9 Å². The zero-order chi connectivity index (χ0) is 7.56. The third-order valence-corrected chi connectivity index (χ3v) is 1.64. The average molecular weight is 161 g/mol. The van der Waals surface area contributed by atoms with Gasteiger partial charge in [-0.25, -0.2) is 4.98 Å². The van der Waals surface area contributed by atoms with Crippen LogP contribution in [0.4, 0.5) is 0 Å². The van der Waals surface area contributed by atoms with E-state index in [1.807, 2.05) is 7.05 Å². The standard InChI is InChI=1S/C5H9ClN4/c1-10-4(6)2-8-5(10)3-9-7/h2,9H,3,7H2,1H3. The van der Waals surface area contributed by atoms with Crippen molar-refractivity contribution >= 4 is 11.6 Å². The Kier molecular flexibility index (Phi) is 2.26. The summed E-state index contributed by atoms with van der Waals surface area (Å²) in [7, 11) is 1.84. The molecule has 1 heterocycles. The summed E-state index contributed by atoms with van der Waals surface area (Å²) >= 11 is 5.70. The van der Waals surface area contributed by atoms with Gasteiger partial charge in [-0.1, -0.05) is 11.6 Å². The Hall–Kier alpha value is -0.580. The van der Waals surface area contributed by atoms with Gasteiger partial charge in [0.25, 0.3) is 0 Å². The number of halogens is 1. The Labute approximate surface area is 64.0 Å². The highest BCUT2D eigenvalue weighted by atomic mass is 35.5. The molecule has 1 rings (SSSR count). The van der Waals surface area contributed by atoms with Gasteiger partial charge in [0, 0.05) is 7.05 Å². The fraction of sp³-hybridized carbons (Fsp3) is 0.400. The molecule has 0 saturated carbocycles. The molecule has 0 atom stereocenters. The van der Waals surface area contributed by atoms with Crippen LogP contribution in [-0.4, -0.2) is 9.55 Å². The largest absolute Gasteiger partial charge is 0.321 e. The normalized spacial score (nSPS) is 10.3. The predicted molar refractivity (Wildman–Crippen MR) is 39.2 cm³/mol. The molecule has 0 aliphatic carbocycles. The number of nitrogens with zero attached hydrogens (tertiary/aromatic N) is 2. The highest BCUT2D eigenvalue weighted by Gasteiger charge is 2.01. The van der Waals surface area contributed by atoms with E-state index in [-0.39, 0.29) is 0 Å². The van der Waals surface area contributed by atoms with E-state index in [1.165, 1.54) is 0 Å². The van der Waals surface area contributed by atoms with Crippen LogP contribution in [0.15, 0.2) is 6.20 Å². The van der Waals surface area contributed by atoms with Crippen LogP contribution in [0.5, 0.6) is 0 Å². The number of imidazole rings is 1. The Morgan fingerprint density at radius 3 is 3.00 bits per heavy atom. The fourth-order valence-corrected chi connectivity index (χ4v) is 0.826. The smallest absolute Gasteiger partial charge is 0.128 e. The Balaban J connectivity index is 2.83. The number of nitrogens with one attached hydrogen (secondary N) is 1. The minimum Gasteiger partial charge on any atom is -0.321 e. The third-order valence-electron chi connectivity index (χ3n) is 1.29. The number of nitrogens with two attached hydrogens (primary N) is 1. The van der Waals surface area contributed by atoms with Crippen LogP contribution in [-0.2, 0) is 13.6 Å². The van der Waals surface area contributed by atoms with Crippen LogP contribution < -0.4 is 11.3 Å². The summed E-state index contributed by atoms with van der Waals surface area (Å²) in [4.78, 5) is 3.99. The first-order chi connectivity index (χ1) is 4.75. The van der Waals surface area contributed by atoms with Crippen LogP contribution in [0.25, 0.3) is 0 Å². The average Bonchev–Trinajstić information content (AvgIpc) is 2.20. The second-order valence-corrected chi connectivity index (χ2v) is 2.32. The van der Waals surface area contributed by atoms with Crippen molar-refractivity contribution < 1.29 is 0 Å². The maximum atomic E-state index is 5.70. The highest BCUT2D eigenvalue weighted by Crippen LogP contribution is 2.07. The van der Waals surface area contributed by atoms with Crippen molar-refractivity contribution in [2.45, 2.75) is 6.54 Å². The monoisotopic (exact) mass is 160 g/mol. The zero-order valence-electron chi connectivity index (χ0n) is 5.63. The molecule has 1 aromatic rings. The summed E-state index contributed by atoms with van der Waals surface area (Å²) in [5.41, 5.74) is 2.50. The molecule has 0 fully saturated rings. The molecule has 0 aliphatic rings. The molecule has 0 aromatic carbocycles. The summed E-state index contributed by atoms with van der Waals surface area (Å²) in [5.74, 6) is 5.92. The molecule has 3 N–H and O–H groups in total. The summed E-state index contributed by atoms with van der Waals surface area (Å²) in [6.45, 7) is 0.531. The molecule has 0 bridgehead atoms. The molecule has 1 aromatic heterocycles. The van der Waals surface area contributed by atoms with Crippen LogP contribution >= 0.6 is 11.6 Å². The van der Waals surface area contributed by atoms with Crippen LogP contribution in [0.3, 0.4) is 0 Å². The van der Waals surface area contributed by atoms with E-state index in [2.05, 4.69) is 10.4 Å². The fourth-order valence-electron chi connectivity index (χ4n) is 0.680. The first-order valence-corrected chi connectivity index (χ1v) is 3.23. The van der Waals surface area contributed by atoms with Crippen molar-refractivity contribution in [3.63, 3.8) is 0 Å². The van der Waals surface area contributed by atoms with Gasteiger partial charge in [0.2, 0.25) is 0 Å². The topological polar surface area (TPSA) is 55.9 Å². The molecule has 0 spiro atoms. The first kappa shape index (κ1) is 7.53. The molecule has 0 unspecified atom stereocenters. The van der Waals surface area contributed by atoms with Crippen LogP contribution in [0.1, 0.15) is 5.82 Å². The van der Waals surface area contributed by atoms with E-state index in [9.17, 15) is 0 Å². The summed E-state index contributed by atoms with van der Waals surface area (Å²) in [5, 5.41) is 0.616. The van der Waals surface area contributed by atoms with Crippen LogP contribution in [0.2, 0.25) is 5.15 Å². The van der Waals surface area contributed by atoms with Gasteiger partial charge in [-0.2, -0.15) is 0 Å². The van der Waals surface area contributed by atoms with E-state index >= 15 is 0 Å². The second kappa shape index (κ2) is 3.01. The van der Waals surface area contributed by atoms with E-state index in [0.29, 0.717) is 11.7 Å². The van der Waals surface area contributed by atoms with Crippen molar-refractivity contribution in [3.05, 3.63) is 17.2 Å². The highest BCUT2D eigenvalue weighted by molar-refractivity contribution is 6.29. The van der Waals surface area contributed by atoms with Crippen LogP contribution in [0, 0.1) is 0 Å². The first-order valence-electron chi connectivity index (χ1n) is 2.85. The van der Waals surface area contributed by atoms with Crippen molar-refractivity contribution in [3.8, 4) is 0 Å². The number of aromatic nitrogens is 2. The number of hydrogen-bond donors (Lipinski definition) is 2. The van der Waals surface area contributed by atoms with Gasteiger partial charge in [-0.05, 0) is 0 Å². The number of hydrogen-bond acceptors (Lipinski definition) is 3. The van der Waals surface area contributed by atoms with Crippen molar-refractivity contribution in [1.29, 1.82) is 0 Å². The Morgan fingerprint density at radius 1 is 1.90 bits per heavy atom. The van der Waals surface area contributed by atoms with E-state index in [1.54, 1.807) is 10.8 Å². The Morgan fingerprint density at radius 2 is 2.60 bits per heavy atom. The van der Waals surface area contributed by atoms with E-state index in [4.69, 9.17) is 17.4 Å². The van der Waals surface area contributed by atoms with Gasteiger partial charge in [0.05, 0.1) is 12.7 Å². The third kappa shape index (κ3) is 1.29. The quantitative estimate of drug-likeness (QED) is 0.475. The van der Waals surface area contributed by atoms with E-state index in [0.717, 1.165) is 5.82 Å². The van der Waals surface area contributed by atoms with Crippen molar-refractivity contribution in [2.75, 3.05) is 0 Å². The van der Waals surface area contributed by atoms with E-state index < -0.39 is 0 Å². The zero-order valence-corrected chi connectivity index (χ0v) is 6.39. The van der Waals surface area contributed by atoms with Gasteiger partial charge in [-0.15, -0.1) is 0 Å². The SMILES string of the molecule is Cn1c(Cl)cnc1CNN. The van der Waals surface area contributed by atoms with Gasteiger partial charge in [0.15, 0.2) is 0 Å². The summed E-state index contributed by atoms with van der Waals surface area (Å²) in [6.07, 6.45) is 1.59. The predicted octanol–water partition coefficient (Wildman–Crippen LogP) is 0.0368. The molecule has 5 heteroatoms. The second-order valence-electron chi connectivity index (χ2n) is 1.94. The maximum absolute atomic E-state index is 5.70. The lowest BCUT2D eigenvalue weighted by molar-refractivity contribution is 0.668. The summed E-state index contributed by atoms with van der Waals surface area (Å²) < 4.78 is 1.77. The lowest BCUT2D eigenvalue weighted by atomic mass is 10.6. The molecule has 56 valence electrons. The van der Waals surface area contributed by atoms with Gasteiger partial charge in [0.1, 0.15) is 11.0 Å². The van der Waals surface area contributed by atoms with Gasteiger partial charge >= 0.3 is 0 Å². The molecule has 0 amide bonds.